The molecule has 1 aromatic heterocycles. The van der Waals surface area contributed by atoms with Crippen LogP contribution in [-0.4, -0.2) is 34.9 Å². The number of nitrogens with one attached hydrogen (secondary N) is 1. The fourth-order valence-corrected chi connectivity index (χ4v) is 5.61. The zero-order valence-electron chi connectivity index (χ0n) is 17.1. The van der Waals surface area contributed by atoms with Crippen molar-refractivity contribution < 1.29 is 4.79 Å². The molecule has 2 aliphatic carbocycles. The molecule has 5 rings (SSSR count). The first kappa shape index (κ1) is 18.8. The number of carbonyl (C=O) groups excluding carboxylic acids is 1. The van der Waals surface area contributed by atoms with Gasteiger partial charge in [-0.25, -0.2) is 0 Å². The molecule has 2 aromatic rings. The fourth-order valence-electron chi connectivity index (χ4n) is 5.61. The second-order valence-corrected chi connectivity index (χ2v) is 9.27. The lowest BCUT2D eigenvalue weighted by molar-refractivity contribution is -0.122. The summed E-state index contributed by atoms with van der Waals surface area (Å²) in [4.78, 5) is 19.6. The van der Waals surface area contributed by atoms with Gasteiger partial charge in [-0.05, 0) is 86.2 Å². The number of rotatable bonds is 5. The van der Waals surface area contributed by atoms with Gasteiger partial charge in [-0.15, -0.1) is 0 Å². The van der Waals surface area contributed by atoms with E-state index in [1.165, 1.54) is 30.4 Å². The summed E-state index contributed by atoms with van der Waals surface area (Å²) >= 11 is 0. The molecule has 1 aliphatic heterocycles. The topological polar surface area (TPSA) is 45.2 Å². The lowest BCUT2D eigenvalue weighted by atomic mass is 9.73. The van der Waals surface area contributed by atoms with Crippen molar-refractivity contribution in [3.63, 3.8) is 0 Å². The summed E-state index contributed by atoms with van der Waals surface area (Å²) < 4.78 is 0. The van der Waals surface area contributed by atoms with Crippen molar-refractivity contribution in [3.05, 3.63) is 65.5 Å². The number of fused-ring (bicyclic) bond motifs is 2. The van der Waals surface area contributed by atoms with E-state index in [-0.39, 0.29) is 11.3 Å². The molecule has 2 heterocycles. The Balaban J connectivity index is 1.26. The Morgan fingerprint density at radius 2 is 1.90 bits per heavy atom. The Hall–Kier alpha value is -2.20. The van der Waals surface area contributed by atoms with Crippen LogP contribution in [0.5, 0.6) is 0 Å². The van der Waals surface area contributed by atoms with E-state index in [0.29, 0.717) is 18.4 Å². The number of amides is 1. The van der Waals surface area contributed by atoms with Crippen molar-refractivity contribution in [3.8, 4) is 0 Å². The lowest BCUT2D eigenvalue weighted by Gasteiger charge is -2.40. The van der Waals surface area contributed by atoms with Crippen molar-refractivity contribution in [1.82, 2.24) is 15.2 Å². The molecular weight excluding hydrogens is 358 g/mol. The maximum atomic E-state index is 12.6. The standard InChI is InChI=1S/C25H31N3O/c29-24(27-20-7-5-8-20)16-19-17-25(23-10-2-1-9-22(19)23)11-14-28(15-12-25)18-21-6-3-4-13-26-21/h1-4,6,9-10,13,19-20H,5,7-8,11-12,14-18H2,(H,27,29). The van der Waals surface area contributed by atoms with Crippen LogP contribution in [0.25, 0.3) is 0 Å². The number of hydrogen-bond acceptors (Lipinski definition) is 3. The van der Waals surface area contributed by atoms with Gasteiger partial charge in [0, 0.05) is 25.2 Å². The van der Waals surface area contributed by atoms with E-state index < -0.39 is 0 Å². The Morgan fingerprint density at radius 3 is 2.62 bits per heavy atom. The molecule has 4 nitrogen and oxygen atoms in total. The zero-order valence-corrected chi connectivity index (χ0v) is 17.1. The number of aromatic nitrogens is 1. The highest BCUT2D eigenvalue weighted by molar-refractivity contribution is 5.77. The van der Waals surface area contributed by atoms with Crippen LogP contribution in [0.2, 0.25) is 0 Å². The van der Waals surface area contributed by atoms with Crippen LogP contribution in [0.3, 0.4) is 0 Å². The molecule has 0 radical (unpaired) electrons. The molecule has 29 heavy (non-hydrogen) atoms. The second-order valence-electron chi connectivity index (χ2n) is 9.27. The van der Waals surface area contributed by atoms with Crippen molar-refractivity contribution >= 4 is 5.91 Å². The van der Waals surface area contributed by atoms with E-state index in [4.69, 9.17) is 0 Å². The SMILES string of the molecule is O=C(CC1CC2(CCN(Cc3ccccn3)CC2)c2ccccc21)NC1CCC1. The third kappa shape index (κ3) is 3.83. The average Bonchev–Trinajstić information content (AvgIpc) is 3.01. The highest BCUT2D eigenvalue weighted by Gasteiger charge is 2.45. The first-order valence-electron chi connectivity index (χ1n) is 11.2. The molecule has 1 amide bonds. The fraction of sp³-hybridized carbons (Fsp3) is 0.520. The largest absolute Gasteiger partial charge is 0.353 e. The summed E-state index contributed by atoms with van der Waals surface area (Å²) in [6, 6.07) is 15.5. The molecule has 4 heteroatoms. The van der Waals surface area contributed by atoms with Gasteiger partial charge in [0.15, 0.2) is 0 Å². The normalized spacial score (nSPS) is 23.5. The Labute approximate surface area is 173 Å². The minimum absolute atomic E-state index is 0.249. The maximum absolute atomic E-state index is 12.6. The number of likely N-dealkylation sites (tertiary alicyclic amines) is 1. The zero-order chi connectivity index (χ0) is 19.7. The van der Waals surface area contributed by atoms with Crippen LogP contribution in [0.4, 0.5) is 0 Å². The van der Waals surface area contributed by atoms with Crippen LogP contribution >= 0.6 is 0 Å². The number of pyridine rings is 1. The minimum atomic E-state index is 0.249. The Morgan fingerprint density at radius 1 is 1.10 bits per heavy atom. The first-order chi connectivity index (χ1) is 14.2. The van der Waals surface area contributed by atoms with Gasteiger partial charge in [0.05, 0.1) is 5.69 Å². The van der Waals surface area contributed by atoms with Crippen LogP contribution in [-0.2, 0) is 16.8 Å². The molecule has 152 valence electrons. The molecule has 1 spiro atoms. The molecule has 2 fully saturated rings. The van der Waals surface area contributed by atoms with Gasteiger partial charge in [0.2, 0.25) is 5.91 Å². The smallest absolute Gasteiger partial charge is 0.220 e. The Bertz CT molecular complexity index is 853. The molecule has 1 unspecified atom stereocenters. The number of benzene rings is 1. The van der Waals surface area contributed by atoms with Gasteiger partial charge in [-0.1, -0.05) is 30.3 Å². The maximum Gasteiger partial charge on any atom is 0.220 e. The van der Waals surface area contributed by atoms with Gasteiger partial charge < -0.3 is 5.32 Å². The van der Waals surface area contributed by atoms with E-state index in [1.807, 2.05) is 12.3 Å². The van der Waals surface area contributed by atoms with E-state index in [9.17, 15) is 4.79 Å². The Kier molecular flexibility index (Phi) is 5.13. The number of hydrogen-bond donors (Lipinski definition) is 1. The van der Waals surface area contributed by atoms with E-state index in [1.54, 1.807) is 0 Å². The predicted molar refractivity (Wildman–Crippen MR) is 115 cm³/mol. The van der Waals surface area contributed by atoms with Gasteiger partial charge in [0.1, 0.15) is 0 Å². The summed E-state index contributed by atoms with van der Waals surface area (Å²) in [5.41, 5.74) is 4.34. The van der Waals surface area contributed by atoms with Crippen LogP contribution in [0.1, 0.15) is 67.7 Å². The predicted octanol–water partition coefficient (Wildman–Crippen LogP) is 4.16. The molecule has 3 aliphatic rings. The van der Waals surface area contributed by atoms with Crippen molar-refractivity contribution in [1.29, 1.82) is 0 Å². The summed E-state index contributed by atoms with van der Waals surface area (Å²) in [6.45, 7) is 3.14. The summed E-state index contributed by atoms with van der Waals surface area (Å²) in [7, 11) is 0. The third-order valence-corrected chi connectivity index (χ3v) is 7.44. The molecule has 1 N–H and O–H groups in total. The highest BCUT2D eigenvalue weighted by Crippen LogP contribution is 2.52. The minimum Gasteiger partial charge on any atom is -0.353 e. The average molecular weight is 390 g/mol. The van der Waals surface area contributed by atoms with E-state index in [0.717, 1.165) is 44.6 Å². The van der Waals surface area contributed by atoms with Gasteiger partial charge >= 0.3 is 0 Å². The molecule has 1 atom stereocenters. The number of nitrogens with zero attached hydrogens (tertiary/aromatic N) is 2. The molecule has 1 saturated heterocycles. The van der Waals surface area contributed by atoms with Crippen LogP contribution in [0, 0.1) is 0 Å². The van der Waals surface area contributed by atoms with Crippen LogP contribution in [0.15, 0.2) is 48.7 Å². The lowest BCUT2D eigenvalue weighted by Crippen LogP contribution is -2.41. The summed E-state index contributed by atoms with van der Waals surface area (Å²) in [5, 5.41) is 3.25. The first-order valence-corrected chi connectivity index (χ1v) is 11.2. The van der Waals surface area contributed by atoms with Crippen molar-refractivity contribution in [2.24, 2.45) is 0 Å². The molecule has 1 saturated carbocycles. The van der Waals surface area contributed by atoms with Crippen LogP contribution < -0.4 is 5.32 Å². The van der Waals surface area contributed by atoms with Gasteiger partial charge in [-0.2, -0.15) is 0 Å². The number of carbonyl (C=O) groups is 1. The van der Waals surface area contributed by atoms with Gasteiger partial charge in [-0.3, -0.25) is 14.7 Å². The van der Waals surface area contributed by atoms with Gasteiger partial charge in [0.25, 0.3) is 0 Å². The highest BCUT2D eigenvalue weighted by atomic mass is 16.1. The monoisotopic (exact) mass is 389 g/mol. The van der Waals surface area contributed by atoms with E-state index >= 15 is 0 Å². The van der Waals surface area contributed by atoms with E-state index in [2.05, 4.69) is 51.6 Å². The second kappa shape index (κ2) is 7.91. The quantitative estimate of drug-likeness (QED) is 0.835. The molecule has 0 bridgehead atoms. The third-order valence-electron chi connectivity index (χ3n) is 7.44. The number of piperidine rings is 1. The summed E-state index contributed by atoms with van der Waals surface area (Å²) in [6.07, 6.45) is 9.58. The van der Waals surface area contributed by atoms with Crippen molar-refractivity contribution in [2.45, 2.75) is 68.9 Å². The summed E-state index contributed by atoms with van der Waals surface area (Å²) in [5.74, 6) is 0.618. The molecule has 1 aromatic carbocycles. The van der Waals surface area contributed by atoms with Crippen molar-refractivity contribution in [2.75, 3.05) is 13.1 Å². The molecular formula is C25H31N3O.